The number of carbonyl (C=O) groups excluding carboxylic acids is 2. The van der Waals surface area contributed by atoms with E-state index in [0.29, 0.717) is 18.7 Å². The van der Waals surface area contributed by atoms with Gasteiger partial charge in [-0.1, -0.05) is 61.7 Å². The van der Waals surface area contributed by atoms with Crippen molar-refractivity contribution in [3.63, 3.8) is 0 Å². The highest BCUT2D eigenvalue weighted by Gasteiger charge is 2.31. The zero-order valence-electron chi connectivity index (χ0n) is 21.6. The molecule has 1 N–H and O–H groups in total. The number of anilines is 1. The fourth-order valence-electron chi connectivity index (χ4n) is 3.86. The van der Waals surface area contributed by atoms with Gasteiger partial charge in [0.1, 0.15) is 18.3 Å². The fraction of sp³-hybridized carbons (Fsp3) is 0.462. The van der Waals surface area contributed by atoms with E-state index in [1.54, 1.807) is 6.07 Å². The first-order valence-corrected chi connectivity index (χ1v) is 14.2. The Bertz CT molecular complexity index is 1160. The molecule has 10 heteroatoms. The number of hydrogen-bond acceptors (Lipinski definition) is 5. The van der Waals surface area contributed by atoms with Gasteiger partial charge in [-0.2, -0.15) is 0 Å². The summed E-state index contributed by atoms with van der Waals surface area (Å²) in [4.78, 5) is 28.2. The number of sulfonamides is 1. The van der Waals surface area contributed by atoms with E-state index in [0.717, 1.165) is 34.5 Å². The minimum absolute atomic E-state index is 0.168. The molecule has 0 aliphatic carbocycles. The highest BCUT2D eigenvalue weighted by atomic mass is 35.5. The van der Waals surface area contributed by atoms with Gasteiger partial charge in [0.2, 0.25) is 21.8 Å². The Morgan fingerprint density at radius 2 is 1.86 bits per heavy atom. The first-order chi connectivity index (χ1) is 17.0. The van der Waals surface area contributed by atoms with Crippen molar-refractivity contribution in [3.05, 3.63) is 58.6 Å². The Morgan fingerprint density at radius 1 is 1.14 bits per heavy atom. The van der Waals surface area contributed by atoms with Crippen molar-refractivity contribution in [2.75, 3.05) is 30.8 Å². The van der Waals surface area contributed by atoms with Crippen LogP contribution in [0.5, 0.6) is 5.75 Å². The van der Waals surface area contributed by atoms with E-state index in [1.165, 1.54) is 24.1 Å². The molecule has 8 nitrogen and oxygen atoms in total. The lowest BCUT2D eigenvalue weighted by Gasteiger charge is -2.33. The van der Waals surface area contributed by atoms with Gasteiger partial charge in [0, 0.05) is 13.1 Å². The van der Waals surface area contributed by atoms with E-state index in [4.69, 9.17) is 16.3 Å². The number of halogens is 1. The third-order valence-corrected chi connectivity index (χ3v) is 7.19. The minimum Gasteiger partial charge on any atom is -0.495 e. The first-order valence-electron chi connectivity index (χ1n) is 12.0. The number of nitrogens with zero attached hydrogens (tertiary/aromatic N) is 2. The van der Waals surface area contributed by atoms with Crippen LogP contribution in [0.3, 0.4) is 0 Å². The third-order valence-electron chi connectivity index (χ3n) is 5.75. The number of nitrogens with one attached hydrogen (secondary N) is 1. The number of benzene rings is 2. The predicted molar refractivity (Wildman–Crippen MR) is 144 cm³/mol. The van der Waals surface area contributed by atoms with Crippen LogP contribution in [0, 0.1) is 6.92 Å². The summed E-state index contributed by atoms with van der Waals surface area (Å²) in [6.45, 7) is 6.01. The molecule has 0 aliphatic rings. The molecule has 0 bridgehead atoms. The van der Waals surface area contributed by atoms with Crippen molar-refractivity contribution in [1.82, 2.24) is 10.2 Å². The molecule has 2 rings (SSSR count). The van der Waals surface area contributed by atoms with Gasteiger partial charge < -0.3 is 15.0 Å². The Kier molecular flexibility index (Phi) is 11.0. The number of unbranched alkanes of at least 4 members (excludes halogenated alkanes) is 1. The molecule has 0 spiro atoms. The van der Waals surface area contributed by atoms with Gasteiger partial charge in [-0.15, -0.1) is 0 Å². The second kappa shape index (κ2) is 13.5. The summed E-state index contributed by atoms with van der Waals surface area (Å²) in [7, 11) is -2.39. The molecule has 2 aromatic rings. The van der Waals surface area contributed by atoms with Crippen LogP contribution < -0.4 is 14.4 Å². The predicted octanol–water partition coefficient (Wildman–Crippen LogP) is 4.15. The molecule has 36 heavy (non-hydrogen) atoms. The Morgan fingerprint density at radius 3 is 2.42 bits per heavy atom. The zero-order chi connectivity index (χ0) is 26.9. The van der Waals surface area contributed by atoms with Crippen molar-refractivity contribution in [3.8, 4) is 5.75 Å². The standard InChI is InChI=1S/C26H36ClN3O5S/c1-6-8-14-28-26(32)23(7-2)29(17-20-11-9-10-19(3)15-20)25(31)18-30(36(5,33)34)21-12-13-24(35-4)22(27)16-21/h9-13,15-16,23H,6-8,14,17-18H2,1-5H3,(H,28,32)/t23-/m0/s1. The van der Waals surface area contributed by atoms with Crippen LogP contribution in [0.1, 0.15) is 44.2 Å². The Hall–Kier alpha value is -2.78. The van der Waals surface area contributed by atoms with E-state index in [-0.39, 0.29) is 23.2 Å². The molecule has 1 atom stereocenters. The van der Waals surface area contributed by atoms with E-state index in [1.807, 2.05) is 45.0 Å². The summed E-state index contributed by atoms with van der Waals surface area (Å²) in [5.41, 5.74) is 2.10. The maximum Gasteiger partial charge on any atom is 0.244 e. The quantitative estimate of drug-likeness (QED) is 0.387. The average Bonchev–Trinajstić information content (AvgIpc) is 2.81. The lowest BCUT2D eigenvalue weighted by atomic mass is 10.1. The summed E-state index contributed by atoms with van der Waals surface area (Å²) >= 11 is 6.23. The van der Waals surface area contributed by atoms with Gasteiger partial charge in [-0.3, -0.25) is 13.9 Å². The normalized spacial score (nSPS) is 12.1. The molecular weight excluding hydrogens is 502 g/mol. The average molecular weight is 538 g/mol. The molecule has 0 aromatic heterocycles. The second-order valence-electron chi connectivity index (χ2n) is 8.67. The summed E-state index contributed by atoms with van der Waals surface area (Å²) in [5.74, 6) is -0.368. The molecular formula is C26H36ClN3O5S. The van der Waals surface area contributed by atoms with Crippen LogP contribution in [0.2, 0.25) is 5.02 Å². The van der Waals surface area contributed by atoms with Crippen molar-refractivity contribution < 1.29 is 22.7 Å². The fourth-order valence-corrected chi connectivity index (χ4v) is 4.95. The summed E-state index contributed by atoms with van der Waals surface area (Å²) in [6.07, 6.45) is 3.16. The SMILES string of the molecule is CCCCNC(=O)[C@H](CC)N(Cc1cccc(C)c1)C(=O)CN(c1ccc(OC)c(Cl)c1)S(C)(=O)=O. The van der Waals surface area contributed by atoms with E-state index in [9.17, 15) is 18.0 Å². The summed E-state index contributed by atoms with van der Waals surface area (Å²) < 4.78 is 31.6. The van der Waals surface area contributed by atoms with Gasteiger partial charge in [0.15, 0.2) is 0 Å². The third kappa shape index (κ3) is 8.13. The smallest absolute Gasteiger partial charge is 0.244 e. The van der Waals surface area contributed by atoms with Gasteiger partial charge in [0.05, 0.1) is 24.1 Å². The summed E-state index contributed by atoms with van der Waals surface area (Å²) in [6, 6.07) is 11.4. The monoisotopic (exact) mass is 537 g/mol. The van der Waals surface area contributed by atoms with Crippen LogP contribution in [0.15, 0.2) is 42.5 Å². The molecule has 0 heterocycles. The molecule has 198 valence electrons. The second-order valence-corrected chi connectivity index (χ2v) is 11.0. The van der Waals surface area contributed by atoms with Crippen LogP contribution in [-0.4, -0.2) is 57.6 Å². The maximum absolute atomic E-state index is 13.7. The van der Waals surface area contributed by atoms with Crippen LogP contribution in [-0.2, 0) is 26.2 Å². The topological polar surface area (TPSA) is 96.0 Å². The number of carbonyl (C=O) groups is 2. The van der Waals surface area contributed by atoms with Gasteiger partial charge in [-0.25, -0.2) is 8.42 Å². The molecule has 2 aromatic carbocycles. The zero-order valence-corrected chi connectivity index (χ0v) is 23.2. The maximum atomic E-state index is 13.7. The van der Waals surface area contributed by atoms with Gasteiger partial charge in [-0.05, 0) is 43.5 Å². The number of ether oxygens (including phenoxy) is 1. The van der Waals surface area contributed by atoms with Crippen LogP contribution in [0.25, 0.3) is 0 Å². The summed E-state index contributed by atoms with van der Waals surface area (Å²) in [5, 5.41) is 3.12. The largest absolute Gasteiger partial charge is 0.495 e. The lowest BCUT2D eigenvalue weighted by molar-refractivity contribution is -0.140. The van der Waals surface area contributed by atoms with Crippen LogP contribution in [0.4, 0.5) is 5.69 Å². The van der Waals surface area contributed by atoms with Crippen molar-refractivity contribution in [2.45, 2.75) is 52.6 Å². The molecule has 0 radical (unpaired) electrons. The molecule has 0 saturated heterocycles. The Labute approximate surface area is 219 Å². The molecule has 0 saturated carbocycles. The number of methoxy groups -OCH3 is 1. The highest BCUT2D eigenvalue weighted by Crippen LogP contribution is 2.30. The molecule has 2 amide bonds. The van der Waals surface area contributed by atoms with E-state index >= 15 is 0 Å². The Balaban J connectivity index is 2.43. The van der Waals surface area contributed by atoms with Gasteiger partial charge >= 0.3 is 0 Å². The number of aryl methyl sites for hydroxylation is 1. The van der Waals surface area contributed by atoms with E-state index < -0.39 is 28.5 Å². The lowest BCUT2D eigenvalue weighted by Crippen LogP contribution is -2.52. The number of rotatable bonds is 13. The minimum atomic E-state index is -3.85. The van der Waals surface area contributed by atoms with Gasteiger partial charge in [0.25, 0.3) is 0 Å². The number of amides is 2. The van der Waals surface area contributed by atoms with E-state index in [2.05, 4.69) is 5.32 Å². The van der Waals surface area contributed by atoms with Crippen LogP contribution >= 0.6 is 11.6 Å². The molecule has 0 unspecified atom stereocenters. The highest BCUT2D eigenvalue weighted by molar-refractivity contribution is 7.92. The van der Waals surface area contributed by atoms with Crippen molar-refractivity contribution in [2.24, 2.45) is 0 Å². The van der Waals surface area contributed by atoms with Crippen molar-refractivity contribution >= 4 is 39.1 Å². The molecule has 0 fully saturated rings. The first kappa shape index (κ1) is 29.5. The number of hydrogen-bond donors (Lipinski definition) is 1. The van der Waals surface area contributed by atoms with Crippen molar-refractivity contribution in [1.29, 1.82) is 0 Å². The molecule has 0 aliphatic heterocycles.